The molecule has 1 amide bonds. The summed E-state index contributed by atoms with van der Waals surface area (Å²) in [6.45, 7) is 0.257. The molecule has 1 heterocycles. The number of ether oxygens (including phenoxy) is 1. The quantitative estimate of drug-likeness (QED) is 0.701. The fourth-order valence-electron chi connectivity index (χ4n) is 2.30. The van der Waals surface area contributed by atoms with Gasteiger partial charge in [-0.2, -0.15) is 5.10 Å². The number of nitrogens with zero attached hydrogens (tertiary/aromatic N) is 2. The zero-order valence-corrected chi connectivity index (χ0v) is 13.8. The maximum Gasteiger partial charge on any atom is 0.251 e. The van der Waals surface area contributed by atoms with E-state index in [1.807, 2.05) is 42.5 Å². The van der Waals surface area contributed by atoms with Crippen LogP contribution in [0.2, 0.25) is 0 Å². The van der Waals surface area contributed by atoms with E-state index in [2.05, 4.69) is 15.5 Å². The molecule has 7 heteroatoms. The Morgan fingerprint density at radius 3 is 2.58 bits per heavy atom. The fraction of sp³-hybridized carbons (Fsp3) is 0.118. The first-order valence-electron chi connectivity index (χ1n) is 7.33. The van der Waals surface area contributed by atoms with Crippen molar-refractivity contribution in [1.29, 1.82) is 0 Å². The Kier molecular flexibility index (Phi) is 4.72. The second-order valence-corrected chi connectivity index (χ2v) is 5.41. The summed E-state index contributed by atoms with van der Waals surface area (Å²) in [7, 11) is 1.61. The zero-order chi connectivity index (χ0) is 16.9. The molecule has 0 aliphatic heterocycles. The summed E-state index contributed by atoms with van der Waals surface area (Å²) in [5.41, 5.74) is 1.45. The van der Waals surface area contributed by atoms with E-state index in [0.717, 1.165) is 11.4 Å². The van der Waals surface area contributed by atoms with Crippen molar-refractivity contribution in [2.24, 2.45) is 0 Å². The highest BCUT2D eigenvalue weighted by Crippen LogP contribution is 2.16. The van der Waals surface area contributed by atoms with Crippen molar-refractivity contribution in [3.8, 4) is 11.4 Å². The van der Waals surface area contributed by atoms with Crippen LogP contribution in [0, 0.1) is 4.77 Å². The SMILES string of the molecule is COc1ccc(-n2c(CNC(=O)c3ccccc3)n[nH]c2=S)cc1. The number of aromatic nitrogens is 3. The van der Waals surface area contributed by atoms with Crippen molar-refractivity contribution in [1.82, 2.24) is 20.1 Å². The molecule has 0 spiro atoms. The number of hydrogen-bond acceptors (Lipinski definition) is 4. The number of carbonyl (C=O) groups excluding carboxylic acids is 1. The first-order chi connectivity index (χ1) is 11.7. The van der Waals surface area contributed by atoms with Gasteiger partial charge in [0.2, 0.25) is 0 Å². The van der Waals surface area contributed by atoms with Crippen LogP contribution in [0.3, 0.4) is 0 Å². The Bertz CT molecular complexity index is 885. The van der Waals surface area contributed by atoms with Crippen molar-refractivity contribution in [3.05, 3.63) is 70.8 Å². The lowest BCUT2D eigenvalue weighted by Crippen LogP contribution is -2.24. The number of H-pyrrole nitrogens is 1. The van der Waals surface area contributed by atoms with Gasteiger partial charge in [-0.1, -0.05) is 18.2 Å². The maximum atomic E-state index is 12.2. The Hall–Kier alpha value is -2.93. The zero-order valence-electron chi connectivity index (χ0n) is 13.0. The molecule has 0 radical (unpaired) electrons. The average Bonchev–Trinajstić information content (AvgIpc) is 3.01. The van der Waals surface area contributed by atoms with Gasteiger partial charge in [0, 0.05) is 11.3 Å². The highest BCUT2D eigenvalue weighted by atomic mass is 32.1. The van der Waals surface area contributed by atoms with E-state index in [1.165, 1.54) is 0 Å². The molecular formula is C17H16N4O2S. The van der Waals surface area contributed by atoms with E-state index in [1.54, 1.807) is 23.8 Å². The molecule has 2 N–H and O–H groups in total. The van der Waals surface area contributed by atoms with Crippen LogP contribution >= 0.6 is 12.2 Å². The molecule has 0 atom stereocenters. The first kappa shape index (κ1) is 15.9. The fourth-order valence-corrected chi connectivity index (χ4v) is 2.55. The van der Waals surface area contributed by atoms with Crippen LogP contribution < -0.4 is 10.1 Å². The summed E-state index contributed by atoms with van der Waals surface area (Å²) in [6, 6.07) is 16.5. The van der Waals surface area contributed by atoms with Crippen molar-refractivity contribution >= 4 is 18.1 Å². The maximum absolute atomic E-state index is 12.2. The van der Waals surface area contributed by atoms with E-state index < -0.39 is 0 Å². The van der Waals surface area contributed by atoms with Gasteiger partial charge in [0.25, 0.3) is 5.91 Å². The number of benzene rings is 2. The molecule has 0 aliphatic carbocycles. The third kappa shape index (κ3) is 3.36. The van der Waals surface area contributed by atoms with Crippen molar-refractivity contribution in [3.63, 3.8) is 0 Å². The van der Waals surface area contributed by atoms with Gasteiger partial charge in [0.05, 0.1) is 13.7 Å². The Labute approximate surface area is 144 Å². The molecule has 0 saturated heterocycles. The van der Waals surface area contributed by atoms with Crippen LogP contribution in [0.4, 0.5) is 0 Å². The van der Waals surface area contributed by atoms with Crippen molar-refractivity contribution in [2.45, 2.75) is 6.54 Å². The number of amides is 1. The normalized spacial score (nSPS) is 10.4. The van der Waals surface area contributed by atoms with Crippen LogP contribution in [0.1, 0.15) is 16.2 Å². The monoisotopic (exact) mass is 340 g/mol. The number of methoxy groups -OCH3 is 1. The standard InChI is InChI=1S/C17H16N4O2S/c1-23-14-9-7-13(8-10-14)21-15(19-20-17(21)24)11-18-16(22)12-5-3-2-4-6-12/h2-10H,11H2,1H3,(H,18,22)(H,20,24). The van der Waals surface area contributed by atoms with E-state index in [-0.39, 0.29) is 12.5 Å². The van der Waals surface area contributed by atoms with Crippen LogP contribution in [0.25, 0.3) is 5.69 Å². The summed E-state index contributed by atoms with van der Waals surface area (Å²) in [5, 5.41) is 9.81. The highest BCUT2D eigenvalue weighted by Gasteiger charge is 2.11. The molecule has 0 bridgehead atoms. The Balaban J connectivity index is 1.80. The number of aromatic amines is 1. The van der Waals surface area contributed by atoms with Gasteiger partial charge in [-0.25, -0.2) is 0 Å². The van der Waals surface area contributed by atoms with Crippen LogP contribution in [0.15, 0.2) is 54.6 Å². The highest BCUT2D eigenvalue weighted by molar-refractivity contribution is 7.71. The Morgan fingerprint density at radius 1 is 1.21 bits per heavy atom. The summed E-state index contributed by atoms with van der Waals surface area (Å²) in [4.78, 5) is 12.2. The second kappa shape index (κ2) is 7.10. The summed E-state index contributed by atoms with van der Waals surface area (Å²) in [5.74, 6) is 1.22. The van der Waals surface area contributed by atoms with E-state index >= 15 is 0 Å². The van der Waals surface area contributed by atoms with Crippen LogP contribution in [0.5, 0.6) is 5.75 Å². The minimum absolute atomic E-state index is 0.161. The number of rotatable bonds is 5. The third-order valence-corrected chi connectivity index (χ3v) is 3.79. The predicted molar refractivity (Wildman–Crippen MR) is 92.9 cm³/mol. The van der Waals surface area contributed by atoms with Crippen LogP contribution in [-0.2, 0) is 6.54 Å². The van der Waals surface area contributed by atoms with Gasteiger partial charge < -0.3 is 10.1 Å². The van der Waals surface area contributed by atoms with Gasteiger partial charge >= 0.3 is 0 Å². The molecular weight excluding hydrogens is 324 g/mol. The van der Waals surface area contributed by atoms with Gasteiger partial charge in [0.1, 0.15) is 5.75 Å². The molecule has 1 aromatic heterocycles. The molecule has 122 valence electrons. The number of nitrogens with one attached hydrogen (secondary N) is 2. The number of hydrogen-bond donors (Lipinski definition) is 2. The van der Waals surface area contributed by atoms with Crippen molar-refractivity contribution in [2.75, 3.05) is 7.11 Å². The third-order valence-electron chi connectivity index (χ3n) is 3.52. The molecule has 6 nitrogen and oxygen atoms in total. The van der Waals surface area contributed by atoms with Gasteiger partial charge in [0.15, 0.2) is 10.6 Å². The lowest BCUT2D eigenvalue weighted by atomic mass is 10.2. The Morgan fingerprint density at radius 2 is 1.92 bits per heavy atom. The predicted octanol–water partition coefficient (Wildman–Crippen LogP) is 2.87. The largest absolute Gasteiger partial charge is 0.497 e. The van der Waals surface area contributed by atoms with Gasteiger partial charge in [-0.3, -0.25) is 14.5 Å². The lowest BCUT2D eigenvalue weighted by Gasteiger charge is -2.09. The molecule has 24 heavy (non-hydrogen) atoms. The van der Waals surface area contributed by atoms with Crippen molar-refractivity contribution < 1.29 is 9.53 Å². The smallest absolute Gasteiger partial charge is 0.251 e. The molecule has 0 aliphatic rings. The second-order valence-electron chi connectivity index (χ2n) is 5.03. The summed E-state index contributed by atoms with van der Waals surface area (Å²) < 4.78 is 7.40. The van der Waals surface area contributed by atoms with Crippen LogP contribution in [-0.4, -0.2) is 27.8 Å². The molecule has 3 rings (SSSR count). The molecule has 0 saturated carbocycles. The van der Waals surface area contributed by atoms with E-state index in [9.17, 15) is 4.79 Å². The first-order valence-corrected chi connectivity index (χ1v) is 7.74. The summed E-state index contributed by atoms with van der Waals surface area (Å²) in [6.07, 6.45) is 0. The molecule has 2 aromatic carbocycles. The topological polar surface area (TPSA) is 71.9 Å². The van der Waals surface area contributed by atoms with E-state index in [0.29, 0.717) is 16.2 Å². The number of carbonyl (C=O) groups is 1. The van der Waals surface area contributed by atoms with Gasteiger partial charge in [-0.05, 0) is 48.6 Å². The molecule has 3 aromatic rings. The van der Waals surface area contributed by atoms with Gasteiger partial charge in [-0.15, -0.1) is 0 Å². The lowest BCUT2D eigenvalue weighted by molar-refractivity contribution is 0.0949. The minimum atomic E-state index is -0.161. The molecule has 0 fully saturated rings. The average molecular weight is 340 g/mol. The summed E-state index contributed by atoms with van der Waals surface area (Å²) >= 11 is 5.29. The van der Waals surface area contributed by atoms with E-state index in [4.69, 9.17) is 17.0 Å². The molecule has 0 unspecified atom stereocenters. The minimum Gasteiger partial charge on any atom is -0.497 e.